The molecule has 1 aliphatic rings. The fourth-order valence-corrected chi connectivity index (χ4v) is 5.45. The lowest BCUT2D eigenvalue weighted by molar-refractivity contribution is -0.253. The molecule has 0 bridgehead atoms. The maximum atomic E-state index is 11.4. The molecule has 4 atom stereocenters. The van der Waals surface area contributed by atoms with Crippen LogP contribution in [0.25, 0.3) is 11.1 Å². The number of aliphatic hydroxyl groups excluding tert-OH is 1. The van der Waals surface area contributed by atoms with Gasteiger partial charge in [-0.15, -0.1) is 0 Å². The van der Waals surface area contributed by atoms with Gasteiger partial charge in [-0.1, -0.05) is 91.0 Å². The average Bonchev–Trinajstić information content (AvgIpc) is 3.04. The van der Waals surface area contributed by atoms with Crippen LogP contribution < -0.4 is 5.32 Å². The van der Waals surface area contributed by atoms with Crippen molar-refractivity contribution in [3.8, 4) is 11.1 Å². The highest BCUT2D eigenvalue weighted by Gasteiger charge is 2.33. The Morgan fingerprint density at radius 2 is 1.60 bits per heavy atom. The quantitative estimate of drug-likeness (QED) is 0.224. The van der Waals surface area contributed by atoms with Crippen LogP contribution in [0.4, 0.5) is 0 Å². The number of likely N-dealkylation sites (N-methyl/N-ethyl adjacent to an activating group) is 1. The van der Waals surface area contributed by atoms with Crippen LogP contribution in [-0.4, -0.2) is 35.6 Å². The minimum absolute atomic E-state index is 0.0150. The Bertz CT molecular complexity index is 1460. The van der Waals surface area contributed by atoms with Gasteiger partial charge in [0.25, 0.3) is 0 Å². The van der Waals surface area contributed by atoms with Crippen molar-refractivity contribution in [1.29, 1.82) is 0 Å². The number of carbonyl (C=O) groups excluding carboxylic acids is 1. The summed E-state index contributed by atoms with van der Waals surface area (Å²) in [5.41, 5.74) is 7.35. The van der Waals surface area contributed by atoms with Crippen LogP contribution in [-0.2, 0) is 27.4 Å². The molecule has 0 aliphatic carbocycles. The van der Waals surface area contributed by atoms with Gasteiger partial charge in [0.15, 0.2) is 6.29 Å². The van der Waals surface area contributed by atoms with Crippen LogP contribution in [0.3, 0.4) is 0 Å². The molecule has 218 valence electrons. The topological polar surface area (TPSA) is 71.0 Å². The van der Waals surface area contributed by atoms with Crippen LogP contribution in [0, 0.1) is 0 Å². The van der Waals surface area contributed by atoms with E-state index in [-0.39, 0.29) is 30.8 Å². The summed E-state index contributed by atoms with van der Waals surface area (Å²) < 4.78 is 13.3. The lowest BCUT2D eigenvalue weighted by Crippen LogP contribution is -2.38. The van der Waals surface area contributed by atoms with Crippen molar-refractivity contribution in [2.45, 2.75) is 58.0 Å². The van der Waals surface area contributed by atoms with Crippen LogP contribution in [0.2, 0.25) is 0 Å². The molecule has 1 saturated heterocycles. The Morgan fingerprint density at radius 3 is 2.31 bits per heavy atom. The molecule has 0 unspecified atom stereocenters. The molecule has 0 radical (unpaired) electrons. The summed E-state index contributed by atoms with van der Waals surface area (Å²) >= 11 is 0. The Kier molecular flexibility index (Phi) is 9.82. The first-order chi connectivity index (χ1) is 20.4. The van der Waals surface area contributed by atoms with E-state index in [0.29, 0.717) is 6.54 Å². The molecular formula is C36H40N2O4. The van der Waals surface area contributed by atoms with E-state index in [4.69, 9.17) is 9.47 Å². The van der Waals surface area contributed by atoms with Crippen molar-refractivity contribution in [2.24, 2.45) is 0 Å². The smallest absolute Gasteiger partial charge is 0.217 e. The number of hydrogen-bond acceptors (Lipinski definition) is 5. The number of rotatable bonds is 10. The molecule has 2 N–H and O–H groups in total. The van der Waals surface area contributed by atoms with E-state index < -0.39 is 6.29 Å². The van der Waals surface area contributed by atoms with Gasteiger partial charge in [0.2, 0.25) is 5.91 Å². The molecule has 6 nitrogen and oxygen atoms in total. The molecule has 1 amide bonds. The summed E-state index contributed by atoms with van der Waals surface area (Å²) in [6.07, 6.45) is -0.000964. The standard InChI is InChI=1S/C36H40N2O4/c1-25(29-10-5-4-6-11-29)38(3)23-34-21-35(30-17-15-27(24-39)16-18-30)42-36(41-34)33-14-8-13-32(20-33)31-12-7-9-28(19-31)22-37-26(2)40/h4-20,25,34-36,39H,21-24H2,1-3H3,(H,37,40)/t25-,34-,35+,36+/m0/s1. The highest BCUT2D eigenvalue weighted by molar-refractivity contribution is 5.73. The summed E-state index contributed by atoms with van der Waals surface area (Å²) in [5, 5.41) is 12.4. The highest BCUT2D eigenvalue weighted by atomic mass is 16.7. The van der Waals surface area contributed by atoms with Gasteiger partial charge in [-0.05, 0) is 59.5 Å². The summed E-state index contributed by atoms with van der Waals surface area (Å²) in [6, 6.07) is 35.3. The van der Waals surface area contributed by atoms with Gasteiger partial charge in [-0.25, -0.2) is 0 Å². The number of ether oxygens (including phenoxy) is 2. The number of nitrogens with zero attached hydrogens (tertiary/aromatic N) is 1. The highest BCUT2D eigenvalue weighted by Crippen LogP contribution is 2.39. The minimum Gasteiger partial charge on any atom is -0.392 e. The average molecular weight is 565 g/mol. The van der Waals surface area contributed by atoms with Crippen LogP contribution in [0.1, 0.15) is 66.5 Å². The van der Waals surface area contributed by atoms with Gasteiger partial charge in [-0.2, -0.15) is 0 Å². The Labute approximate surface area is 248 Å². The van der Waals surface area contributed by atoms with E-state index in [1.54, 1.807) is 0 Å². The number of hydrogen-bond donors (Lipinski definition) is 2. The number of nitrogens with one attached hydrogen (secondary N) is 1. The zero-order valence-electron chi connectivity index (χ0n) is 24.6. The maximum absolute atomic E-state index is 11.4. The molecule has 1 heterocycles. The molecular weight excluding hydrogens is 524 g/mol. The van der Waals surface area contributed by atoms with E-state index in [2.05, 4.69) is 78.8 Å². The summed E-state index contributed by atoms with van der Waals surface area (Å²) in [5.74, 6) is -0.0482. The monoisotopic (exact) mass is 564 g/mol. The molecule has 0 saturated carbocycles. The molecule has 5 rings (SSSR count). The molecule has 4 aromatic carbocycles. The second-order valence-corrected chi connectivity index (χ2v) is 11.1. The Balaban J connectivity index is 1.39. The summed E-state index contributed by atoms with van der Waals surface area (Å²) in [4.78, 5) is 13.7. The van der Waals surface area contributed by atoms with Crippen LogP contribution >= 0.6 is 0 Å². The van der Waals surface area contributed by atoms with Crippen LogP contribution in [0.5, 0.6) is 0 Å². The molecule has 6 heteroatoms. The van der Waals surface area contributed by atoms with E-state index in [1.807, 2.05) is 48.5 Å². The van der Waals surface area contributed by atoms with Crippen molar-refractivity contribution in [3.63, 3.8) is 0 Å². The second kappa shape index (κ2) is 13.9. The Hall–Kier alpha value is -3.81. The first-order valence-electron chi connectivity index (χ1n) is 14.6. The van der Waals surface area contributed by atoms with Crippen molar-refractivity contribution in [3.05, 3.63) is 131 Å². The SMILES string of the molecule is CC(=O)NCc1cccc(-c2cccc([C@@H]3O[C@H](CN(C)[C@@H](C)c4ccccc4)C[C@H](c4ccc(CO)cc4)O3)c2)c1. The fraction of sp³-hybridized carbons (Fsp3) is 0.306. The van der Waals surface area contributed by atoms with Gasteiger partial charge in [-0.3, -0.25) is 9.69 Å². The fourth-order valence-electron chi connectivity index (χ4n) is 5.45. The first kappa shape index (κ1) is 29.7. The zero-order chi connectivity index (χ0) is 29.5. The van der Waals surface area contributed by atoms with Crippen molar-refractivity contribution >= 4 is 5.91 Å². The zero-order valence-corrected chi connectivity index (χ0v) is 24.6. The lowest BCUT2D eigenvalue weighted by atomic mass is 9.98. The number of carbonyl (C=O) groups is 1. The van der Waals surface area contributed by atoms with E-state index in [0.717, 1.165) is 46.3 Å². The Morgan fingerprint density at radius 1 is 0.881 bits per heavy atom. The maximum Gasteiger partial charge on any atom is 0.217 e. The molecule has 42 heavy (non-hydrogen) atoms. The first-order valence-corrected chi connectivity index (χ1v) is 14.6. The minimum atomic E-state index is -0.533. The van der Waals surface area contributed by atoms with Crippen molar-refractivity contribution < 1.29 is 19.4 Å². The van der Waals surface area contributed by atoms with Gasteiger partial charge in [0.05, 0.1) is 18.8 Å². The van der Waals surface area contributed by atoms with Crippen LogP contribution in [0.15, 0.2) is 103 Å². The number of amides is 1. The van der Waals surface area contributed by atoms with Gasteiger partial charge < -0.3 is 19.9 Å². The third-order valence-electron chi connectivity index (χ3n) is 8.01. The van der Waals surface area contributed by atoms with Crippen molar-refractivity contribution in [2.75, 3.05) is 13.6 Å². The number of benzene rings is 4. The normalized spacial score (nSPS) is 19.4. The molecule has 1 aliphatic heterocycles. The second-order valence-electron chi connectivity index (χ2n) is 11.1. The number of aliphatic hydroxyl groups is 1. The van der Waals surface area contributed by atoms with Gasteiger partial charge in [0.1, 0.15) is 0 Å². The van der Waals surface area contributed by atoms with E-state index in [1.165, 1.54) is 12.5 Å². The van der Waals surface area contributed by atoms with E-state index in [9.17, 15) is 9.90 Å². The van der Waals surface area contributed by atoms with Crippen molar-refractivity contribution in [1.82, 2.24) is 10.2 Å². The van der Waals surface area contributed by atoms with Gasteiger partial charge in [0, 0.05) is 38.0 Å². The molecule has 0 aromatic heterocycles. The van der Waals surface area contributed by atoms with E-state index >= 15 is 0 Å². The van der Waals surface area contributed by atoms with Gasteiger partial charge >= 0.3 is 0 Å². The molecule has 4 aromatic rings. The third kappa shape index (κ3) is 7.52. The molecule has 1 fully saturated rings. The third-order valence-corrected chi connectivity index (χ3v) is 8.01. The molecule has 0 spiro atoms. The predicted octanol–water partition coefficient (Wildman–Crippen LogP) is 6.72. The summed E-state index contributed by atoms with van der Waals surface area (Å²) in [7, 11) is 2.14. The lowest BCUT2D eigenvalue weighted by Gasteiger charge is -2.39. The summed E-state index contributed by atoms with van der Waals surface area (Å²) in [6.45, 7) is 5.01. The predicted molar refractivity (Wildman–Crippen MR) is 165 cm³/mol. The largest absolute Gasteiger partial charge is 0.392 e.